The molecular formula is C35H55N5O7. The van der Waals surface area contributed by atoms with Gasteiger partial charge in [-0.25, -0.2) is 4.79 Å². The molecule has 0 aromatic carbocycles. The van der Waals surface area contributed by atoms with Crippen molar-refractivity contribution in [2.75, 3.05) is 26.4 Å². The van der Waals surface area contributed by atoms with Gasteiger partial charge >= 0.3 is 6.09 Å². The van der Waals surface area contributed by atoms with Gasteiger partial charge in [0, 0.05) is 11.3 Å². The lowest BCUT2D eigenvalue weighted by atomic mass is 9.43. The van der Waals surface area contributed by atoms with E-state index in [0.717, 1.165) is 44.9 Å². The Bertz CT molecular complexity index is 1200. The fourth-order valence-corrected chi connectivity index (χ4v) is 10.0. The molecule has 4 fully saturated rings. The van der Waals surface area contributed by atoms with Crippen LogP contribution in [0.15, 0.2) is 17.3 Å². The Morgan fingerprint density at radius 1 is 1.04 bits per heavy atom. The fourth-order valence-electron chi connectivity index (χ4n) is 10.0. The van der Waals surface area contributed by atoms with Crippen LogP contribution in [0.3, 0.4) is 0 Å². The van der Waals surface area contributed by atoms with Crippen molar-refractivity contribution in [3.8, 4) is 12.3 Å². The van der Waals surface area contributed by atoms with E-state index < -0.39 is 36.5 Å². The molecule has 0 radical (unpaired) electrons. The Kier molecular flexibility index (Phi) is 13.0. The van der Waals surface area contributed by atoms with Crippen molar-refractivity contribution in [2.45, 2.75) is 109 Å². The number of carbonyl (C=O) groups excluding carboxylic acids is 2. The summed E-state index contributed by atoms with van der Waals surface area (Å²) in [7, 11) is 0. The van der Waals surface area contributed by atoms with Gasteiger partial charge in [-0.05, 0) is 116 Å². The summed E-state index contributed by atoms with van der Waals surface area (Å²) in [5, 5.41) is 41.8. The van der Waals surface area contributed by atoms with E-state index in [1.54, 1.807) is 0 Å². The highest BCUT2D eigenvalue weighted by molar-refractivity contribution is 5.88. The first-order valence-corrected chi connectivity index (χ1v) is 17.4. The van der Waals surface area contributed by atoms with Crippen LogP contribution in [0.5, 0.6) is 0 Å². The number of allylic oxidation sites excluding steroid dienone is 1. The van der Waals surface area contributed by atoms with Crippen molar-refractivity contribution in [3.63, 3.8) is 0 Å². The minimum Gasteiger partial charge on any atom is -0.447 e. The van der Waals surface area contributed by atoms with Crippen LogP contribution < -0.4 is 10.6 Å². The second-order valence-corrected chi connectivity index (χ2v) is 14.8. The molecule has 0 aliphatic heterocycles. The summed E-state index contributed by atoms with van der Waals surface area (Å²) in [6.07, 6.45) is 13.4. The van der Waals surface area contributed by atoms with E-state index in [1.165, 1.54) is 6.08 Å². The first-order chi connectivity index (χ1) is 22.5. The van der Waals surface area contributed by atoms with Gasteiger partial charge in [0.05, 0.1) is 38.1 Å². The number of alkyl carbamates (subject to hydrolysis) is 1. The van der Waals surface area contributed by atoms with Gasteiger partial charge in [0.1, 0.15) is 12.8 Å². The number of carbonyl (C=O) groups is 2. The summed E-state index contributed by atoms with van der Waals surface area (Å²) >= 11 is 0. The number of azide groups is 1. The Morgan fingerprint density at radius 2 is 1.79 bits per heavy atom. The zero-order chi connectivity index (χ0) is 34.2. The van der Waals surface area contributed by atoms with Gasteiger partial charge in [-0.2, -0.15) is 0 Å². The van der Waals surface area contributed by atoms with E-state index in [9.17, 15) is 24.9 Å². The third-order valence-corrected chi connectivity index (χ3v) is 12.3. The normalized spacial score (nSPS) is 37.3. The molecule has 4 rings (SSSR count). The average Bonchev–Trinajstić information content (AvgIpc) is 3.40. The van der Waals surface area contributed by atoms with Gasteiger partial charge < -0.3 is 35.4 Å². The molecule has 12 heteroatoms. The van der Waals surface area contributed by atoms with Gasteiger partial charge in [0.25, 0.3) is 0 Å². The Morgan fingerprint density at radius 3 is 2.53 bits per heavy atom. The summed E-state index contributed by atoms with van der Waals surface area (Å²) in [4.78, 5) is 27.4. The van der Waals surface area contributed by atoms with E-state index in [2.05, 4.69) is 47.4 Å². The maximum atomic E-state index is 12.6. The van der Waals surface area contributed by atoms with E-state index in [4.69, 9.17) is 21.4 Å². The smallest absolute Gasteiger partial charge is 0.408 e. The van der Waals surface area contributed by atoms with Crippen LogP contribution >= 0.6 is 0 Å². The number of ether oxygens (including phenoxy) is 2. The average molecular weight is 658 g/mol. The number of amides is 2. The maximum absolute atomic E-state index is 12.6. The zero-order valence-corrected chi connectivity index (χ0v) is 28.2. The number of terminal acetylenes is 1. The largest absolute Gasteiger partial charge is 0.447 e. The third kappa shape index (κ3) is 8.44. The van der Waals surface area contributed by atoms with Crippen molar-refractivity contribution in [3.05, 3.63) is 22.6 Å². The number of rotatable bonds is 14. The van der Waals surface area contributed by atoms with Crippen LogP contribution in [-0.4, -0.2) is 78.2 Å². The van der Waals surface area contributed by atoms with Crippen molar-refractivity contribution in [2.24, 2.45) is 51.5 Å². The summed E-state index contributed by atoms with van der Waals surface area (Å²) < 4.78 is 10.3. The Labute approximate surface area is 279 Å². The van der Waals surface area contributed by atoms with Gasteiger partial charge in [0.2, 0.25) is 5.91 Å². The Hall–Kier alpha value is -2.81. The number of hydrogen-bond donors (Lipinski definition) is 5. The lowest BCUT2D eigenvalue weighted by Crippen LogP contribution is -2.64. The second-order valence-electron chi connectivity index (χ2n) is 14.8. The highest BCUT2D eigenvalue weighted by Gasteiger charge is 2.65. The molecule has 5 N–H and O–H groups in total. The molecule has 262 valence electrons. The first kappa shape index (κ1) is 37.0. The number of hydrogen-bond acceptors (Lipinski definition) is 8. The second kappa shape index (κ2) is 16.5. The van der Waals surface area contributed by atoms with Crippen LogP contribution in [-0.2, 0) is 14.3 Å². The predicted octanol–water partition coefficient (Wildman–Crippen LogP) is 4.44. The number of nitrogens with one attached hydrogen (secondary N) is 2. The molecule has 12 unspecified atom stereocenters. The zero-order valence-electron chi connectivity index (χ0n) is 28.2. The molecular weight excluding hydrogens is 602 g/mol. The number of aliphatic hydroxyl groups excluding tert-OH is 3. The summed E-state index contributed by atoms with van der Waals surface area (Å²) in [6.45, 7) is 7.36. The van der Waals surface area contributed by atoms with Crippen LogP contribution in [0, 0.1) is 58.7 Å². The molecule has 2 amide bonds. The third-order valence-electron chi connectivity index (χ3n) is 12.3. The molecule has 0 aromatic heterocycles. The highest BCUT2D eigenvalue weighted by Crippen LogP contribution is 2.68. The molecule has 0 saturated heterocycles. The van der Waals surface area contributed by atoms with Gasteiger partial charge in [-0.1, -0.05) is 32.0 Å². The van der Waals surface area contributed by atoms with Gasteiger partial charge in [-0.3, -0.25) is 4.79 Å². The standard InChI is InChI=1S/C35H55N5O7/c1-5-6-17-46-18-19-47-33(45)39-28(21-37-40-36)38-29(42)10-8-7-9-22(2)24-11-12-25-30-26(14-16-34(24,25)3)35(4)15-13-23(41)20-27(35)31(43)32(30)44/h1,8,10,22-28,30-32,41,43-44H,6-7,9,11-21H2,2-4H3,(H,38,42)(H,39,45)/b10-8+. The minimum absolute atomic E-state index is 0.00604. The van der Waals surface area contributed by atoms with E-state index in [0.29, 0.717) is 49.5 Å². The molecule has 12 atom stereocenters. The van der Waals surface area contributed by atoms with Crippen molar-refractivity contribution in [1.82, 2.24) is 10.6 Å². The molecule has 4 saturated carbocycles. The fraction of sp³-hybridized carbons (Fsp3) is 0.829. The number of nitrogens with zero attached hydrogens (tertiary/aromatic N) is 3. The lowest BCUT2D eigenvalue weighted by molar-refractivity contribution is -0.223. The molecule has 0 heterocycles. The summed E-state index contributed by atoms with van der Waals surface area (Å²) in [5.41, 5.74) is 8.74. The SMILES string of the molecule is C#CCCOCCOC(=O)NC(CN=[N+]=[N-])NC(=O)/C=C/CCC(C)C1CCC2C3C(O)C(O)C4CC(O)CCC4(C)C3CCC12C. The maximum Gasteiger partial charge on any atom is 0.408 e. The summed E-state index contributed by atoms with van der Waals surface area (Å²) in [5.74, 6) is 3.68. The van der Waals surface area contributed by atoms with E-state index >= 15 is 0 Å². The predicted molar refractivity (Wildman–Crippen MR) is 176 cm³/mol. The number of fused-ring (bicyclic) bond motifs is 5. The minimum atomic E-state index is -0.938. The quantitative estimate of drug-likeness (QED) is 0.0347. The molecule has 4 aliphatic carbocycles. The van der Waals surface area contributed by atoms with Crippen LogP contribution in [0.1, 0.15) is 85.0 Å². The van der Waals surface area contributed by atoms with Gasteiger partial charge in [-0.15, -0.1) is 12.3 Å². The van der Waals surface area contributed by atoms with Crippen molar-refractivity contribution >= 4 is 12.0 Å². The monoisotopic (exact) mass is 657 g/mol. The van der Waals surface area contributed by atoms with E-state index in [-0.39, 0.29) is 42.4 Å². The van der Waals surface area contributed by atoms with Crippen molar-refractivity contribution < 1.29 is 34.4 Å². The molecule has 0 bridgehead atoms. The van der Waals surface area contributed by atoms with E-state index in [1.807, 2.05) is 6.08 Å². The number of aliphatic hydroxyl groups is 3. The topological polar surface area (TPSA) is 186 Å². The molecule has 47 heavy (non-hydrogen) atoms. The highest BCUT2D eigenvalue weighted by atomic mass is 16.6. The van der Waals surface area contributed by atoms with Gasteiger partial charge in [0.15, 0.2) is 0 Å². The molecule has 12 nitrogen and oxygen atoms in total. The first-order valence-electron chi connectivity index (χ1n) is 17.4. The van der Waals surface area contributed by atoms with Crippen LogP contribution in [0.25, 0.3) is 10.4 Å². The van der Waals surface area contributed by atoms with Crippen LogP contribution in [0.2, 0.25) is 0 Å². The summed E-state index contributed by atoms with van der Waals surface area (Å²) in [6, 6.07) is 0. The van der Waals surface area contributed by atoms with Crippen LogP contribution in [0.4, 0.5) is 4.79 Å². The molecule has 0 spiro atoms. The Balaban J connectivity index is 1.27. The van der Waals surface area contributed by atoms with Crippen molar-refractivity contribution in [1.29, 1.82) is 0 Å². The molecule has 0 aromatic rings. The lowest BCUT2D eigenvalue weighted by Gasteiger charge is -2.63. The molecule has 4 aliphatic rings.